The molecule has 0 spiro atoms. The Balaban J connectivity index is 1.46. The number of hydrogen-bond donors (Lipinski definition) is 1. The molecule has 2 aromatic rings. The Morgan fingerprint density at radius 2 is 2.12 bits per heavy atom. The summed E-state index contributed by atoms with van der Waals surface area (Å²) in [6.07, 6.45) is 6.80. The van der Waals surface area contributed by atoms with Gasteiger partial charge in [-0.2, -0.15) is 0 Å². The van der Waals surface area contributed by atoms with E-state index in [1.165, 1.54) is 24.0 Å². The van der Waals surface area contributed by atoms with Gasteiger partial charge >= 0.3 is 0 Å². The summed E-state index contributed by atoms with van der Waals surface area (Å²) in [5, 5.41) is 5.19. The predicted molar refractivity (Wildman–Crippen MR) is 99.8 cm³/mol. The van der Waals surface area contributed by atoms with Crippen molar-refractivity contribution in [1.82, 2.24) is 0 Å². The summed E-state index contributed by atoms with van der Waals surface area (Å²) in [4.78, 5) is 13.6. The minimum Gasteiger partial charge on any atom is -0.489 e. The normalized spacial score (nSPS) is 19.4. The molecule has 1 amide bonds. The van der Waals surface area contributed by atoms with Crippen LogP contribution in [0.5, 0.6) is 5.75 Å². The van der Waals surface area contributed by atoms with Crippen LogP contribution in [-0.4, -0.2) is 25.2 Å². The van der Waals surface area contributed by atoms with Crippen LogP contribution in [0.4, 0.5) is 5.69 Å². The molecule has 25 heavy (non-hydrogen) atoms. The highest BCUT2D eigenvalue weighted by Gasteiger charge is 2.21. The Hall–Kier alpha value is -1.85. The Morgan fingerprint density at radius 1 is 1.24 bits per heavy atom. The van der Waals surface area contributed by atoms with Gasteiger partial charge in [0.15, 0.2) is 0 Å². The lowest BCUT2D eigenvalue weighted by Gasteiger charge is -2.16. The van der Waals surface area contributed by atoms with Gasteiger partial charge in [-0.1, -0.05) is 12.1 Å². The summed E-state index contributed by atoms with van der Waals surface area (Å²) in [6, 6.07) is 7.63. The number of carbonyl (C=O) groups is 1. The fourth-order valence-electron chi connectivity index (χ4n) is 3.54. The second-order valence-corrected chi connectivity index (χ2v) is 7.55. The highest BCUT2D eigenvalue weighted by Crippen LogP contribution is 2.32. The lowest BCUT2D eigenvalue weighted by molar-refractivity contribution is 0.0682. The first-order valence-electron chi connectivity index (χ1n) is 9.05. The maximum absolute atomic E-state index is 12.8. The molecule has 1 aromatic heterocycles. The van der Waals surface area contributed by atoms with E-state index in [9.17, 15) is 4.79 Å². The second kappa shape index (κ2) is 7.58. The number of amides is 1. The first-order chi connectivity index (χ1) is 12.3. The maximum atomic E-state index is 12.8. The van der Waals surface area contributed by atoms with Gasteiger partial charge in [-0.15, -0.1) is 11.3 Å². The van der Waals surface area contributed by atoms with Gasteiger partial charge in [0.25, 0.3) is 5.91 Å². The van der Waals surface area contributed by atoms with Gasteiger partial charge in [0.05, 0.1) is 16.7 Å². The molecule has 1 atom stereocenters. The summed E-state index contributed by atoms with van der Waals surface area (Å²) in [5.74, 6) is 0.679. The van der Waals surface area contributed by atoms with Crippen molar-refractivity contribution < 1.29 is 14.3 Å². The molecule has 1 saturated heterocycles. The summed E-state index contributed by atoms with van der Waals surface area (Å²) in [5.41, 5.74) is 3.32. The first kappa shape index (κ1) is 16.6. The topological polar surface area (TPSA) is 47.6 Å². The Bertz CT molecular complexity index is 749. The van der Waals surface area contributed by atoms with Gasteiger partial charge in [0, 0.05) is 6.61 Å². The Kier molecular flexibility index (Phi) is 5.04. The third-order valence-electron chi connectivity index (χ3n) is 4.89. The zero-order valence-electron chi connectivity index (χ0n) is 14.3. The van der Waals surface area contributed by atoms with Crippen LogP contribution in [-0.2, 0) is 17.6 Å². The van der Waals surface area contributed by atoms with Crippen LogP contribution in [0.1, 0.15) is 46.5 Å². The van der Waals surface area contributed by atoms with Crippen LogP contribution in [0.25, 0.3) is 0 Å². The number of rotatable bonds is 5. The molecule has 0 saturated carbocycles. The van der Waals surface area contributed by atoms with Crippen LogP contribution in [0, 0.1) is 0 Å². The van der Waals surface area contributed by atoms with Gasteiger partial charge < -0.3 is 14.8 Å². The van der Waals surface area contributed by atoms with E-state index in [1.54, 1.807) is 11.3 Å². The molecular weight excluding hydrogens is 334 g/mol. The van der Waals surface area contributed by atoms with Crippen molar-refractivity contribution in [3.05, 3.63) is 45.6 Å². The molecule has 4 rings (SSSR count). The van der Waals surface area contributed by atoms with Crippen LogP contribution >= 0.6 is 11.3 Å². The van der Waals surface area contributed by atoms with Crippen LogP contribution in [0.2, 0.25) is 0 Å². The number of benzene rings is 1. The van der Waals surface area contributed by atoms with E-state index in [0.29, 0.717) is 12.4 Å². The fraction of sp³-hybridized carbons (Fsp3) is 0.450. The second-order valence-electron chi connectivity index (χ2n) is 6.67. The highest BCUT2D eigenvalue weighted by molar-refractivity contribution is 7.12. The van der Waals surface area contributed by atoms with Gasteiger partial charge in [-0.25, -0.2) is 0 Å². The molecular formula is C20H23NO3S. The average Bonchev–Trinajstić information content (AvgIpc) is 3.30. The van der Waals surface area contributed by atoms with E-state index >= 15 is 0 Å². The van der Waals surface area contributed by atoms with Crippen molar-refractivity contribution in [3.63, 3.8) is 0 Å². The quantitative estimate of drug-likeness (QED) is 0.861. The van der Waals surface area contributed by atoms with Crippen molar-refractivity contribution in [3.8, 4) is 5.75 Å². The van der Waals surface area contributed by atoms with Gasteiger partial charge in [-0.05, 0) is 67.2 Å². The van der Waals surface area contributed by atoms with E-state index in [2.05, 4.69) is 10.7 Å². The van der Waals surface area contributed by atoms with E-state index < -0.39 is 0 Å². The lowest BCUT2D eigenvalue weighted by Crippen LogP contribution is -2.18. The minimum absolute atomic E-state index is 0.0266. The number of ether oxygens (including phenoxy) is 2. The van der Waals surface area contributed by atoms with Crippen molar-refractivity contribution in [2.75, 3.05) is 18.5 Å². The molecule has 0 bridgehead atoms. The van der Waals surface area contributed by atoms with Crippen molar-refractivity contribution in [1.29, 1.82) is 0 Å². The molecule has 1 fully saturated rings. The third-order valence-corrected chi connectivity index (χ3v) is 5.96. The number of aryl methyl sites for hydroxylation is 1. The highest BCUT2D eigenvalue weighted by atomic mass is 32.1. The molecule has 0 radical (unpaired) electrons. The van der Waals surface area contributed by atoms with Crippen molar-refractivity contribution in [2.24, 2.45) is 0 Å². The monoisotopic (exact) mass is 357 g/mol. The van der Waals surface area contributed by atoms with Gasteiger partial charge in [0.1, 0.15) is 12.4 Å². The van der Waals surface area contributed by atoms with Crippen molar-refractivity contribution >= 4 is 22.9 Å². The summed E-state index contributed by atoms with van der Waals surface area (Å²) in [7, 11) is 0. The summed E-state index contributed by atoms with van der Waals surface area (Å²) in [6.45, 7) is 1.34. The number of fused-ring (bicyclic) bond motifs is 1. The number of para-hydroxylation sites is 2. The largest absolute Gasteiger partial charge is 0.489 e. The lowest BCUT2D eigenvalue weighted by atomic mass is 9.94. The zero-order chi connectivity index (χ0) is 17.1. The number of anilines is 1. The van der Waals surface area contributed by atoms with Crippen molar-refractivity contribution in [2.45, 2.75) is 44.6 Å². The van der Waals surface area contributed by atoms with E-state index in [0.717, 1.165) is 42.9 Å². The summed E-state index contributed by atoms with van der Waals surface area (Å²) < 4.78 is 11.5. The van der Waals surface area contributed by atoms with Crippen LogP contribution in [0.3, 0.4) is 0 Å². The van der Waals surface area contributed by atoms with E-state index in [1.807, 2.05) is 24.3 Å². The average molecular weight is 357 g/mol. The predicted octanol–water partition coefficient (Wildman–Crippen LogP) is 4.44. The molecule has 1 unspecified atom stereocenters. The first-order valence-corrected chi connectivity index (χ1v) is 9.93. The maximum Gasteiger partial charge on any atom is 0.266 e. The molecule has 5 heteroatoms. The number of hydrogen-bond acceptors (Lipinski definition) is 4. The fourth-order valence-corrected chi connectivity index (χ4v) is 4.60. The van der Waals surface area contributed by atoms with Crippen LogP contribution < -0.4 is 10.1 Å². The Labute approximate surface area is 152 Å². The molecule has 4 nitrogen and oxygen atoms in total. The van der Waals surface area contributed by atoms with Gasteiger partial charge in [0.2, 0.25) is 0 Å². The third kappa shape index (κ3) is 3.72. The SMILES string of the molecule is O=C(Nc1ccccc1OCC1CCCO1)c1scc2c1CCCC2. The number of thiophene rings is 1. The molecule has 2 heterocycles. The van der Waals surface area contributed by atoms with Crippen LogP contribution in [0.15, 0.2) is 29.6 Å². The summed E-state index contributed by atoms with van der Waals surface area (Å²) >= 11 is 1.56. The van der Waals surface area contributed by atoms with Gasteiger partial charge in [-0.3, -0.25) is 4.79 Å². The van der Waals surface area contributed by atoms with E-state index in [4.69, 9.17) is 9.47 Å². The minimum atomic E-state index is -0.0266. The molecule has 1 aliphatic carbocycles. The standard InChI is InChI=1S/C20H23NO3S/c22-20(19-16-8-2-1-6-14(16)13-25-19)21-17-9-3-4-10-18(17)24-12-15-7-5-11-23-15/h3-4,9-10,13,15H,1-2,5-8,11-12H2,(H,21,22). The molecule has 1 aromatic carbocycles. The number of nitrogens with one attached hydrogen (secondary N) is 1. The molecule has 1 aliphatic heterocycles. The number of carbonyl (C=O) groups excluding carboxylic acids is 1. The molecule has 132 valence electrons. The smallest absolute Gasteiger partial charge is 0.266 e. The molecule has 2 aliphatic rings. The van der Waals surface area contributed by atoms with E-state index in [-0.39, 0.29) is 12.0 Å². The zero-order valence-corrected chi connectivity index (χ0v) is 15.1. The molecule has 1 N–H and O–H groups in total. The Morgan fingerprint density at radius 3 is 3.00 bits per heavy atom.